The average molecular weight is 301 g/mol. The van der Waals surface area contributed by atoms with Crippen LogP contribution in [0.4, 0.5) is 0 Å². The van der Waals surface area contributed by atoms with Crippen molar-refractivity contribution in [1.82, 2.24) is 15.2 Å². The van der Waals surface area contributed by atoms with Gasteiger partial charge in [-0.3, -0.25) is 5.10 Å². The molecule has 5 nitrogen and oxygen atoms in total. The fourth-order valence-corrected chi connectivity index (χ4v) is 2.15. The molecule has 6 heteroatoms. The summed E-state index contributed by atoms with van der Waals surface area (Å²) < 4.78 is 0. The molecule has 3 aromatic rings. The fraction of sp³-hybridized carbons (Fsp3) is 0.0667. The highest BCUT2D eigenvalue weighted by molar-refractivity contribution is 6.30. The highest BCUT2D eigenvalue weighted by Gasteiger charge is 2.16. The summed E-state index contributed by atoms with van der Waals surface area (Å²) in [5.74, 6) is 1.06. The minimum Gasteiger partial charge on any atom is -0.507 e. The van der Waals surface area contributed by atoms with E-state index >= 15 is 0 Å². The highest BCUT2D eigenvalue weighted by atomic mass is 35.5. The number of halogens is 1. The van der Waals surface area contributed by atoms with E-state index in [-0.39, 0.29) is 5.75 Å². The van der Waals surface area contributed by atoms with E-state index in [1.165, 1.54) is 0 Å². The maximum atomic E-state index is 9.82. The first-order chi connectivity index (χ1) is 10.1. The molecule has 0 aliphatic heterocycles. The Kier molecular flexibility index (Phi) is 3.60. The van der Waals surface area contributed by atoms with Gasteiger partial charge in [-0.25, -0.2) is 4.98 Å². The van der Waals surface area contributed by atoms with Crippen molar-refractivity contribution in [3.63, 3.8) is 0 Å². The summed E-state index contributed by atoms with van der Waals surface area (Å²) in [4.78, 5) is 4.36. The minimum absolute atomic E-state index is 0.128. The first-order valence-electron chi connectivity index (χ1n) is 6.37. The van der Waals surface area contributed by atoms with Gasteiger partial charge < -0.3 is 10.8 Å². The number of phenolic OH excluding ortho intramolecular Hbond substituents is 1. The zero-order valence-electron chi connectivity index (χ0n) is 11.0. The lowest BCUT2D eigenvalue weighted by Crippen LogP contribution is -2.13. The van der Waals surface area contributed by atoms with E-state index < -0.39 is 6.04 Å². The molecule has 0 aliphatic rings. The number of rotatable bonds is 3. The van der Waals surface area contributed by atoms with Gasteiger partial charge in [0.25, 0.3) is 0 Å². The van der Waals surface area contributed by atoms with E-state index in [0.717, 1.165) is 5.56 Å². The van der Waals surface area contributed by atoms with Crippen LogP contribution >= 0.6 is 11.6 Å². The Morgan fingerprint density at radius 2 is 1.81 bits per heavy atom. The summed E-state index contributed by atoms with van der Waals surface area (Å²) in [6.45, 7) is 0. The van der Waals surface area contributed by atoms with Crippen LogP contribution in [0, 0.1) is 0 Å². The SMILES string of the molecule is N[C@@H](c1ccc(Cl)cc1)c1nc(-c2ccccc2O)n[nH]1. The van der Waals surface area contributed by atoms with Gasteiger partial charge in [-0.2, -0.15) is 5.10 Å². The van der Waals surface area contributed by atoms with Crippen molar-refractivity contribution in [2.45, 2.75) is 6.04 Å². The number of nitrogens with zero attached hydrogens (tertiary/aromatic N) is 2. The van der Waals surface area contributed by atoms with Gasteiger partial charge >= 0.3 is 0 Å². The van der Waals surface area contributed by atoms with Crippen molar-refractivity contribution in [2.75, 3.05) is 0 Å². The number of benzene rings is 2. The first-order valence-corrected chi connectivity index (χ1v) is 6.74. The van der Waals surface area contributed by atoms with Crippen LogP contribution in [0.15, 0.2) is 48.5 Å². The van der Waals surface area contributed by atoms with E-state index in [1.54, 1.807) is 30.3 Å². The Morgan fingerprint density at radius 3 is 2.52 bits per heavy atom. The summed E-state index contributed by atoms with van der Waals surface area (Å²) in [5, 5.41) is 17.4. The zero-order valence-corrected chi connectivity index (χ0v) is 11.7. The van der Waals surface area contributed by atoms with Crippen molar-refractivity contribution in [3.05, 3.63) is 64.9 Å². The first kappa shape index (κ1) is 13.6. The molecule has 0 fully saturated rings. The molecule has 0 saturated heterocycles. The fourth-order valence-electron chi connectivity index (χ4n) is 2.02. The molecule has 2 aromatic carbocycles. The third kappa shape index (κ3) is 2.74. The third-order valence-electron chi connectivity index (χ3n) is 3.17. The Morgan fingerprint density at radius 1 is 1.10 bits per heavy atom. The smallest absolute Gasteiger partial charge is 0.184 e. The molecule has 0 amide bonds. The standard InChI is InChI=1S/C15H13ClN4O/c16-10-7-5-9(6-8-10)13(17)15-18-14(19-20-15)11-3-1-2-4-12(11)21/h1-8,13,21H,17H2,(H,18,19,20)/t13-/m0/s1. The maximum Gasteiger partial charge on any atom is 0.184 e. The molecule has 106 valence electrons. The third-order valence-corrected chi connectivity index (χ3v) is 3.42. The van der Waals surface area contributed by atoms with Gasteiger partial charge in [0.2, 0.25) is 0 Å². The lowest BCUT2D eigenvalue weighted by atomic mass is 10.1. The van der Waals surface area contributed by atoms with Gasteiger partial charge in [0.1, 0.15) is 11.6 Å². The Hall–Kier alpha value is -2.37. The van der Waals surface area contributed by atoms with E-state index in [2.05, 4.69) is 15.2 Å². The average Bonchev–Trinajstić information content (AvgIpc) is 2.97. The van der Waals surface area contributed by atoms with Gasteiger partial charge in [-0.15, -0.1) is 0 Å². The molecule has 4 N–H and O–H groups in total. The molecule has 1 aromatic heterocycles. The number of H-pyrrole nitrogens is 1. The van der Waals surface area contributed by atoms with Gasteiger partial charge in [-0.05, 0) is 29.8 Å². The number of hydrogen-bond donors (Lipinski definition) is 3. The van der Waals surface area contributed by atoms with Crippen LogP contribution in [0.1, 0.15) is 17.4 Å². The predicted octanol–water partition coefficient (Wildman–Crippen LogP) is 2.88. The largest absolute Gasteiger partial charge is 0.507 e. The van der Waals surface area contributed by atoms with Crippen LogP contribution in [0.3, 0.4) is 0 Å². The Bertz CT molecular complexity index is 754. The minimum atomic E-state index is -0.436. The number of aromatic amines is 1. The summed E-state index contributed by atoms with van der Waals surface area (Å²) in [7, 11) is 0. The van der Waals surface area contributed by atoms with E-state index in [1.807, 2.05) is 18.2 Å². The molecule has 0 saturated carbocycles. The van der Waals surface area contributed by atoms with Gasteiger partial charge in [0, 0.05) is 5.02 Å². The molecule has 1 atom stereocenters. The second-order valence-corrected chi connectivity index (χ2v) is 5.03. The maximum absolute atomic E-state index is 9.82. The van der Waals surface area contributed by atoms with Crippen molar-refractivity contribution >= 4 is 11.6 Å². The number of hydrogen-bond acceptors (Lipinski definition) is 4. The lowest BCUT2D eigenvalue weighted by Gasteiger charge is -2.08. The molecule has 0 bridgehead atoms. The molecular weight excluding hydrogens is 288 g/mol. The highest BCUT2D eigenvalue weighted by Crippen LogP contribution is 2.27. The summed E-state index contributed by atoms with van der Waals surface area (Å²) in [6, 6.07) is 13.7. The van der Waals surface area contributed by atoms with E-state index in [0.29, 0.717) is 22.2 Å². The van der Waals surface area contributed by atoms with Gasteiger partial charge in [-0.1, -0.05) is 35.9 Å². The lowest BCUT2D eigenvalue weighted by molar-refractivity contribution is 0.477. The normalized spacial score (nSPS) is 12.3. The van der Waals surface area contributed by atoms with Crippen LogP contribution in [0.2, 0.25) is 5.02 Å². The van der Waals surface area contributed by atoms with E-state index in [4.69, 9.17) is 17.3 Å². The monoisotopic (exact) mass is 300 g/mol. The van der Waals surface area contributed by atoms with Crippen molar-refractivity contribution in [1.29, 1.82) is 0 Å². The summed E-state index contributed by atoms with van der Waals surface area (Å²) >= 11 is 5.86. The molecule has 0 spiro atoms. The zero-order chi connectivity index (χ0) is 14.8. The second kappa shape index (κ2) is 5.55. The van der Waals surface area contributed by atoms with E-state index in [9.17, 15) is 5.11 Å². The quantitative estimate of drug-likeness (QED) is 0.694. The Balaban J connectivity index is 1.91. The van der Waals surface area contributed by atoms with Crippen LogP contribution in [0.5, 0.6) is 5.75 Å². The second-order valence-electron chi connectivity index (χ2n) is 4.59. The van der Waals surface area contributed by atoms with Crippen molar-refractivity contribution in [3.8, 4) is 17.1 Å². The molecule has 0 aliphatic carbocycles. The molecule has 3 rings (SSSR count). The molecular formula is C15H13ClN4O. The van der Waals surface area contributed by atoms with Crippen LogP contribution < -0.4 is 5.73 Å². The summed E-state index contributed by atoms with van der Waals surface area (Å²) in [6.07, 6.45) is 0. The summed E-state index contributed by atoms with van der Waals surface area (Å²) in [5.41, 5.74) is 7.59. The van der Waals surface area contributed by atoms with Crippen LogP contribution in [0.25, 0.3) is 11.4 Å². The van der Waals surface area contributed by atoms with Gasteiger partial charge in [0.15, 0.2) is 5.82 Å². The molecule has 0 radical (unpaired) electrons. The van der Waals surface area contributed by atoms with Gasteiger partial charge in [0.05, 0.1) is 11.6 Å². The van der Waals surface area contributed by atoms with Crippen molar-refractivity contribution in [2.24, 2.45) is 5.73 Å². The molecule has 21 heavy (non-hydrogen) atoms. The Labute approximate surface area is 126 Å². The number of aromatic hydroxyl groups is 1. The van der Waals surface area contributed by atoms with Crippen molar-refractivity contribution < 1.29 is 5.11 Å². The predicted molar refractivity (Wildman–Crippen MR) is 81.0 cm³/mol. The topological polar surface area (TPSA) is 87.8 Å². The molecule has 0 unspecified atom stereocenters. The number of para-hydroxylation sites is 1. The number of phenols is 1. The van der Waals surface area contributed by atoms with Crippen LogP contribution in [-0.2, 0) is 0 Å². The number of aromatic nitrogens is 3. The number of nitrogens with one attached hydrogen (secondary N) is 1. The number of nitrogens with two attached hydrogens (primary N) is 1. The van der Waals surface area contributed by atoms with Crippen LogP contribution in [-0.4, -0.2) is 20.3 Å². The molecule has 1 heterocycles.